The van der Waals surface area contributed by atoms with E-state index < -0.39 is 6.09 Å². The van der Waals surface area contributed by atoms with Crippen LogP contribution in [0.2, 0.25) is 0 Å². The molecule has 2 amide bonds. The molecule has 0 aliphatic carbocycles. The second kappa shape index (κ2) is 7.43. The van der Waals surface area contributed by atoms with E-state index in [1.807, 2.05) is 7.05 Å². The fraction of sp³-hybridized carbons (Fsp3) is 0.500. The van der Waals surface area contributed by atoms with Crippen LogP contribution < -0.4 is 10.1 Å². The highest BCUT2D eigenvalue weighted by Crippen LogP contribution is 2.24. The lowest BCUT2D eigenvalue weighted by molar-refractivity contribution is -0.909. The largest absolute Gasteiger partial charge is 0.414 e. The average molecular weight is 322 g/mol. The minimum Gasteiger partial charge on any atom is -0.408 e. The first kappa shape index (κ1) is 17.2. The van der Waals surface area contributed by atoms with Crippen molar-refractivity contribution >= 4 is 17.7 Å². The Morgan fingerprint density at radius 2 is 1.91 bits per heavy atom. The van der Waals surface area contributed by atoms with Gasteiger partial charge >= 0.3 is 6.09 Å². The summed E-state index contributed by atoms with van der Waals surface area (Å²) in [6.07, 6.45) is -0.487. The smallest absolute Gasteiger partial charge is 0.408 e. The summed E-state index contributed by atoms with van der Waals surface area (Å²) in [6, 6.07) is 6.91. The van der Waals surface area contributed by atoms with Crippen molar-refractivity contribution in [2.75, 3.05) is 59.3 Å². The van der Waals surface area contributed by atoms with Crippen molar-refractivity contribution < 1.29 is 23.5 Å². The summed E-state index contributed by atoms with van der Waals surface area (Å²) < 4.78 is 11.3. The number of ether oxygens (including phenoxy) is 2. The third kappa shape index (κ3) is 4.94. The number of hydrogen-bond acceptors (Lipinski definition) is 4. The predicted molar refractivity (Wildman–Crippen MR) is 86.4 cm³/mol. The molecular formula is C16H24N3O4+. The molecule has 0 saturated carbocycles. The van der Waals surface area contributed by atoms with Crippen LogP contribution in [0.4, 0.5) is 10.5 Å². The zero-order chi connectivity index (χ0) is 16.9. The normalized spacial score (nSPS) is 16.5. The minimum absolute atomic E-state index is 0.109. The van der Waals surface area contributed by atoms with Crippen LogP contribution in [0.1, 0.15) is 0 Å². The van der Waals surface area contributed by atoms with Crippen LogP contribution >= 0.6 is 0 Å². The molecule has 7 heteroatoms. The number of benzene rings is 1. The SMILES string of the molecule is CN(C)C(=O)Oc1ccccc1NC(=O)C[N+]1(C)CCOCC1. The van der Waals surface area contributed by atoms with Crippen molar-refractivity contribution in [2.45, 2.75) is 0 Å². The van der Waals surface area contributed by atoms with E-state index in [-0.39, 0.29) is 5.91 Å². The Hall–Kier alpha value is -2.12. The number of nitrogens with zero attached hydrogens (tertiary/aromatic N) is 2. The number of rotatable bonds is 4. The van der Waals surface area contributed by atoms with E-state index >= 15 is 0 Å². The predicted octanol–water partition coefficient (Wildman–Crippen LogP) is 1.16. The number of likely N-dealkylation sites (N-methyl/N-ethyl adjacent to an activating group) is 1. The van der Waals surface area contributed by atoms with E-state index in [0.29, 0.717) is 35.7 Å². The molecule has 0 bridgehead atoms. The highest BCUT2D eigenvalue weighted by molar-refractivity contribution is 5.93. The second-order valence-electron chi connectivity index (χ2n) is 6.14. The molecule has 0 aromatic heterocycles. The Morgan fingerprint density at radius 1 is 1.26 bits per heavy atom. The van der Waals surface area contributed by atoms with Gasteiger partial charge in [-0.1, -0.05) is 12.1 Å². The summed E-state index contributed by atoms with van der Waals surface area (Å²) >= 11 is 0. The molecule has 1 aromatic rings. The molecule has 0 unspecified atom stereocenters. The second-order valence-corrected chi connectivity index (χ2v) is 6.14. The fourth-order valence-electron chi connectivity index (χ4n) is 2.32. The number of anilines is 1. The highest BCUT2D eigenvalue weighted by Gasteiger charge is 2.28. The molecule has 1 aliphatic rings. The summed E-state index contributed by atoms with van der Waals surface area (Å²) in [5, 5.41) is 2.84. The van der Waals surface area contributed by atoms with E-state index in [0.717, 1.165) is 13.1 Å². The first-order valence-electron chi connectivity index (χ1n) is 7.59. The zero-order valence-electron chi connectivity index (χ0n) is 13.9. The van der Waals surface area contributed by atoms with Gasteiger partial charge in [0, 0.05) is 14.1 Å². The minimum atomic E-state index is -0.487. The Labute approximate surface area is 136 Å². The number of carbonyl (C=O) groups is 2. The van der Waals surface area contributed by atoms with Gasteiger partial charge in [-0.25, -0.2) is 4.79 Å². The lowest BCUT2D eigenvalue weighted by Crippen LogP contribution is -2.55. The van der Waals surface area contributed by atoms with Gasteiger partial charge < -0.3 is 24.2 Å². The summed E-state index contributed by atoms with van der Waals surface area (Å²) in [5.74, 6) is 0.229. The van der Waals surface area contributed by atoms with E-state index in [1.54, 1.807) is 38.4 Å². The van der Waals surface area contributed by atoms with Gasteiger partial charge in [0.15, 0.2) is 12.3 Å². The first-order valence-corrected chi connectivity index (χ1v) is 7.59. The fourth-order valence-corrected chi connectivity index (χ4v) is 2.32. The average Bonchev–Trinajstić information content (AvgIpc) is 2.49. The standard InChI is InChI=1S/C16H23N3O4/c1-18(2)16(21)23-14-7-5-4-6-13(14)17-15(20)12-19(3)8-10-22-11-9-19/h4-7H,8-12H2,1-3H3/p+1. The number of quaternary nitrogens is 1. The van der Waals surface area contributed by atoms with E-state index in [1.165, 1.54) is 4.90 Å². The van der Waals surface area contributed by atoms with Gasteiger partial charge in [-0.3, -0.25) is 4.79 Å². The van der Waals surface area contributed by atoms with Crippen LogP contribution in [0.5, 0.6) is 5.75 Å². The molecule has 1 heterocycles. The molecule has 1 saturated heterocycles. The Kier molecular flexibility index (Phi) is 5.57. The molecule has 126 valence electrons. The monoisotopic (exact) mass is 322 g/mol. The topological polar surface area (TPSA) is 67.9 Å². The summed E-state index contributed by atoms with van der Waals surface area (Å²) in [6.45, 7) is 3.32. The van der Waals surface area contributed by atoms with Crippen molar-refractivity contribution in [3.05, 3.63) is 24.3 Å². The van der Waals surface area contributed by atoms with E-state index in [4.69, 9.17) is 9.47 Å². The third-order valence-corrected chi connectivity index (χ3v) is 3.80. The van der Waals surface area contributed by atoms with Gasteiger partial charge in [0.25, 0.3) is 5.91 Å². The van der Waals surface area contributed by atoms with Crippen LogP contribution in [0.3, 0.4) is 0 Å². The van der Waals surface area contributed by atoms with Crippen molar-refractivity contribution in [1.29, 1.82) is 0 Å². The van der Waals surface area contributed by atoms with Gasteiger partial charge in [-0.05, 0) is 12.1 Å². The van der Waals surface area contributed by atoms with Crippen molar-refractivity contribution in [3.63, 3.8) is 0 Å². The van der Waals surface area contributed by atoms with Crippen molar-refractivity contribution in [1.82, 2.24) is 4.90 Å². The van der Waals surface area contributed by atoms with Crippen molar-refractivity contribution in [3.8, 4) is 5.75 Å². The molecular weight excluding hydrogens is 298 g/mol. The van der Waals surface area contributed by atoms with Crippen LogP contribution in [0.25, 0.3) is 0 Å². The van der Waals surface area contributed by atoms with Gasteiger partial charge in [-0.15, -0.1) is 0 Å². The van der Waals surface area contributed by atoms with E-state index in [9.17, 15) is 9.59 Å². The number of carbonyl (C=O) groups excluding carboxylic acids is 2. The first-order chi connectivity index (χ1) is 10.9. The van der Waals surface area contributed by atoms with Gasteiger partial charge in [0.05, 0.1) is 25.9 Å². The van der Waals surface area contributed by atoms with Crippen molar-refractivity contribution in [2.24, 2.45) is 0 Å². The number of nitrogens with one attached hydrogen (secondary N) is 1. The maximum Gasteiger partial charge on any atom is 0.414 e. The third-order valence-electron chi connectivity index (χ3n) is 3.80. The quantitative estimate of drug-likeness (QED) is 0.845. The van der Waals surface area contributed by atoms with Crippen LogP contribution in [0.15, 0.2) is 24.3 Å². The number of para-hydroxylation sites is 2. The lowest BCUT2D eigenvalue weighted by Gasteiger charge is -2.36. The van der Waals surface area contributed by atoms with E-state index in [2.05, 4.69) is 5.32 Å². The number of morpholine rings is 1. The molecule has 2 rings (SSSR count). The van der Waals surface area contributed by atoms with Crippen LogP contribution in [0, 0.1) is 0 Å². The van der Waals surface area contributed by atoms with Gasteiger partial charge in [-0.2, -0.15) is 0 Å². The number of hydrogen-bond donors (Lipinski definition) is 1. The Morgan fingerprint density at radius 3 is 2.57 bits per heavy atom. The molecule has 0 spiro atoms. The molecule has 0 atom stereocenters. The number of amides is 2. The maximum atomic E-state index is 12.3. The highest BCUT2D eigenvalue weighted by atomic mass is 16.6. The maximum absolute atomic E-state index is 12.3. The molecule has 1 fully saturated rings. The van der Waals surface area contributed by atoms with Gasteiger partial charge in [0.1, 0.15) is 13.1 Å². The molecule has 0 radical (unpaired) electrons. The van der Waals surface area contributed by atoms with Crippen LogP contribution in [-0.2, 0) is 9.53 Å². The van der Waals surface area contributed by atoms with Gasteiger partial charge in [0.2, 0.25) is 0 Å². The molecule has 1 aliphatic heterocycles. The van der Waals surface area contributed by atoms with Crippen LogP contribution in [-0.4, -0.2) is 75.4 Å². The molecule has 1 N–H and O–H groups in total. The zero-order valence-corrected chi connectivity index (χ0v) is 13.9. The Bertz CT molecular complexity index is 568. The summed E-state index contributed by atoms with van der Waals surface area (Å²) in [4.78, 5) is 25.4. The lowest BCUT2D eigenvalue weighted by atomic mass is 10.2. The Balaban J connectivity index is 2.01. The molecule has 23 heavy (non-hydrogen) atoms. The summed E-state index contributed by atoms with van der Waals surface area (Å²) in [5.41, 5.74) is 0.493. The molecule has 1 aromatic carbocycles. The molecule has 7 nitrogen and oxygen atoms in total. The summed E-state index contributed by atoms with van der Waals surface area (Å²) in [7, 11) is 5.25.